The molecule has 2 aliphatic heterocycles. The molecule has 4 heteroatoms. The Morgan fingerprint density at radius 2 is 1.48 bits per heavy atom. The van der Waals surface area contributed by atoms with E-state index in [1.165, 1.54) is 16.8 Å². The van der Waals surface area contributed by atoms with E-state index >= 15 is 4.79 Å². The summed E-state index contributed by atoms with van der Waals surface area (Å²) in [4.78, 5) is 17.7. The molecule has 0 amide bonds. The first-order chi connectivity index (χ1) is 20.3. The summed E-state index contributed by atoms with van der Waals surface area (Å²) in [5.74, 6) is -0.342. The quantitative estimate of drug-likeness (QED) is 0.221. The van der Waals surface area contributed by atoms with Crippen LogP contribution in [0.15, 0.2) is 109 Å². The maximum Gasteiger partial charge on any atom is 0.173 e. The van der Waals surface area contributed by atoms with Gasteiger partial charge in [-0.25, -0.2) is 0 Å². The number of allylic oxidation sites excluding steroid dienone is 2. The zero-order valence-electron chi connectivity index (χ0n) is 23.9. The van der Waals surface area contributed by atoms with E-state index in [1.807, 2.05) is 42.5 Å². The van der Waals surface area contributed by atoms with E-state index in [0.717, 1.165) is 48.1 Å². The monoisotopic (exact) mass is 589 g/mol. The van der Waals surface area contributed by atoms with Crippen LogP contribution in [0.4, 0.5) is 5.69 Å². The Morgan fingerprint density at radius 3 is 2.19 bits per heavy atom. The number of aryl methyl sites for hydroxylation is 1. The number of carbonyl (C=O) groups is 1. The van der Waals surface area contributed by atoms with Gasteiger partial charge in [-0.15, -0.1) is 0 Å². The number of Topliss-reactive ketones (excluding diaryl/α,β-unsaturated/α-hetero) is 1. The normalized spacial score (nSPS) is 22.3. The van der Waals surface area contributed by atoms with Crippen molar-refractivity contribution in [3.05, 3.63) is 147 Å². The molecular formula is C38H33Cl2NO. The molecule has 2 heterocycles. The predicted molar refractivity (Wildman–Crippen MR) is 176 cm³/mol. The van der Waals surface area contributed by atoms with Crippen molar-refractivity contribution in [1.82, 2.24) is 0 Å². The zero-order valence-corrected chi connectivity index (χ0v) is 25.4. The van der Waals surface area contributed by atoms with Crippen molar-refractivity contribution in [1.29, 1.82) is 0 Å². The second kappa shape index (κ2) is 10.3. The van der Waals surface area contributed by atoms with Crippen LogP contribution in [0.25, 0.3) is 11.1 Å². The molecule has 0 fully saturated rings. The van der Waals surface area contributed by atoms with Crippen LogP contribution in [-0.4, -0.2) is 17.9 Å². The summed E-state index contributed by atoms with van der Waals surface area (Å²) in [7, 11) is 0. The average molecular weight is 591 g/mol. The SMILES string of the molecule is CC1(C)c2cccc3c2N(CCCC3)[C@]12C=C(c1ccc(Cl)cc1)C=C(c1ccccc1)[C@H]2C(=O)c1ccc(Cl)cc1. The number of fused-ring (bicyclic) bond motifs is 1. The lowest BCUT2D eigenvalue weighted by Gasteiger charge is -2.53. The molecule has 0 aromatic heterocycles. The van der Waals surface area contributed by atoms with Crippen LogP contribution in [0, 0.1) is 5.92 Å². The molecule has 0 saturated heterocycles. The number of hydrogen-bond donors (Lipinski definition) is 0. The summed E-state index contributed by atoms with van der Waals surface area (Å²) in [5, 5.41) is 1.33. The number of para-hydroxylation sites is 1. The Kier molecular flexibility index (Phi) is 6.68. The van der Waals surface area contributed by atoms with Crippen molar-refractivity contribution in [3.8, 4) is 0 Å². The van der Waals surface area contributed by atoms with Gasteiger partial charge in [-0.2, -0.15) is 0 Å². The van der Waals surface area contributed by atoms with Gasteiger partial charge in [0.05, 0.1) is 11.5 Å². The van der Waals surface area contributed by atoms with Crippen LogP contribution in [0.1, 0.15) is 59.3 Å². The van der Waals surface area contributed by atoms with Crippen LogP contribution in [0.2, 0.25) is 10.0 Å². The molecule has 2 nitrogen and oxygen atoms in total. The molecule has 3 aliphatic rings. The van der Waals surface area contributed by atoms with E-state index in [2.05, 4.69) is 85.5 Å². The zero-order chi connectivity index (χ0) is 29.1. The van der Waals surface area contributed by atoms with Crippen molar-refractivity contribution in [3.63, 3.8) is 0 Å². The standard InChI is InChI=1S/C38H33Cl2NO/c1-37(2)33-13-8-12-27-11-6-7-22-41(35(27)33)38(37)24-29(25-14-18-30(39)19-15-25)23-32(26-9-4-3-5-10-26)34(38)36(42)28-16-20-31(40)21-17-28/h3-5,8-10,12-21,23-24,34H,6-7,11,22H2,1-2H3/t34-,38-/m0/s1. The van der Waals surface area contributed by atoms with Crippen molar-refractivity contribution in [2.45, 2.75) is 44.1 Å². The van der Waals surface area contributed by atoms with E-state index in [4.69, 9.17) is 23.2 Å². The molecule has 210 valence electrons. The summed E-state index contributed by atoms with van der Waals surface area (Å²) < 4.78 is 0. The molecule has 42 heavy (non-hydrogen) atoms. The van der Waals surface area contributed by atoms with Crippen LogP contribution in [-0.2, 0) is 11.8 Å². The minimum Gasteiger partial charge on any atom is -0.360 e. The minimum absolute atomic E-state index is 0.111. The molecule has 1 spiro atoms. The summed E-state index contributed by atoms with van der Waals surface area (Å²) in [6, 6.07) is 32.7. The lowest BCUT2D eigenvalue weighted by atomic mass is 9.57. The largest absolute Gasteiger partial charge is 0.360 e. The Balaban J connectivity index is 1.56. The second-order valence-electron chi connectivity index (χ2n) is 12.2. The van der Waals surface area contributed by atoms with Crippen LogP contribution in [0.5, 0.6) is 0 Å². The van der Waals surface area contributed by atoms with Gasteiger partial charge in [-0.05, 0) is 101 Å². The molecule has 4 aromatic carbocycles. The highest BCUT2D eigenvalue weighted by molar-refractivity contribution is 6.31. The van der Waals surface area contributed by atoms with Gasteiger partial charge < -0.3 is 4.90 Å². The topological polar surface area (TPSA) is 20.3 Å². The third-order valence-corrected chi connectivity index (χ3v) is 10.2. The van der Waals surface area contributed by atoms with Crippen molar-refractivity contribution in [2.24, 2.45) is 5.92 Å². The highest BCUT2D eigenvalue weighted by atomic mass is 35.5. The van der Waals surface area contributed by atoms with Gasteiger partial charge in [0.15, 0.2) is 5.78 Å². The summed E-state index contributed by atoms with van der Waals surface area (Å²) in [6.45, 7) is 5.57. The summed E-state index contributed by atoms with van der Waals surface area (Å²) >= 11 is 12.6. The number of rotatable bonds is 4. The van der Waals surface area contributed by atoms with E-state index < -0.39 is 11.5 Å². The number of ketones is 1. The van der Waals surface area contributed by atoms with Gasteiger partial charge >= 0.3 is 0 Å². The molecule has 1 aliphatic carbocycles. The number of anilines is 1. The van der Waals surface area contributed by atoms with Gasteiger partial charge in [0.2, 0.25) is 0 Å². The average Bonchev–Trinajstić information content (AvgIpc) is 3.13. The first-order valence-electron chi connectivity index (χ1n) is 14.8. The molecule has 0 bridgehead atoms. The third-order valence-electron chi connectivity index (χ3n) is 9.70. The van der Waals surface area contributed by atoms with Crippen molar-refractivity contribution in [2.75, 3.05) is 11.4 Å². The molecule has 0 radical (unpaired) electrons. The lowest BCUT2D eigenvalue weighted by molar-refractivity contribution is 0.0882. The molecule has 7 rings (SSSR count). The van der Waals surface area contributed by atoms with Gasteiger partial charge in [-0.3, -0.25) is 4.79 Å². The third kappa shape index (κ3) is 4.11. The van der Waals surface area contributed by atoms with Crippen molar-refractivity contribution < 1.29 is 4.79 Å². The number of nitrogens with zero attached hydrogens (tertiary/aromatic N) is 1. The van der Waals surface area contributed by atoms with Gasteiger partial charge in [-0.1, -0.05) is 97.7 Å². The molecule has 4 aromatic rings. The molecule has 0 saturated carbocycles. The Morgan fingerprint density at radius 1 is 0.786 bits per heavy atom. The molecular weight excluding hydrogens is 557 g/mol. The van der Waals surface area contributed by atoms with E-state index in [0.29, 0.717) is 15.6 Å². The smallest absolute Gasteiger partial charge is 0.173 e. The van der Waals surface area contributed by atoms with Crippen molar-refractivity contribution >= 4 is 45.8 Å². The maximum absolute atomic E-state index is 15.1. The molecule has 0 unspecified atom stereocenters. The highest BCUT2D eigenvalue weighted by Crippen LogP contribution is 2.62. The van der Waals surface area contributed by atoms with E-state index in [9.17, 15) is 0 Å². The number of hydrogen-bond acceptors (Lipinski definition) is 2. The van der Waals surface area contributed by atoms with E-state index in [-0.39, 0.29) is 11.2 Å². The summed E-state index contributed by atoms with van der Waals surface area (Å²) in [5.41, 5.74) is 7.95. The predicted octanol–water partition coefficient (Wildman–Crippen LogP) is 9.85. The fourth-order valence-electron chi connectivity index (χ4n) is 7.67. The fourth-order valence-corrected chi connectivity index (χ4v) is 7.92. The van der Waals surface area contributed by atoms with Crippen LogP contribution >= 0.6 is 23.2 Å². The Hall–Kier alpha value is -3.59. The minimum atomic E-state index is -0.651. The molecule has 0 N–H and O–H groups in total. The Labute approximate surface area is 258 Å². The van der Waals surface area contributed by atoms with Gasteiger partial charge in [0.25, 0.3) is 0 Å². The van der Waals surface area contributed by atoms with E-state index in [1.54, 1.807) is 0 Å². The second-order valence-corrected chi connectivity index (χ2v) is 13.1. The first kappa shape index (κ1) is 27.3. The number of carbonyl (C=O) groups excluding carboxylic acids is 1. The first-order valence-corrected chi connectivity index (χ1v) is 15.5. The lowest BCUT2D eigenvalue weighted by Crippen LogP contribution is -2.62. The van der Waals surface area contributed by atoms with Gasteiger partial charge in [0, 0.05) is 33.3 Å². The fraction of sp³-hybridized carbons (Fsp3) is 0.237. The number of halogens is 2. The number of benzene rings is 4. The van der Waals surface area contributed by atoms with Crippen LogP contribution in [0.3, 0.4) is 0 Å². The van der Waals surface area contributed by atoms with Gasteiger partial charge in [0.1, 0.15) is 0 Å². The Bertz CT molecular complexity index is 1730. The van der Waals surface area contributed by atoms with Crippen LogP contribution < -0.4 is 4.90 Å². The highest BCUT2D eigenvalue weighted by Gasteiger charge is 2.63. The summed E-state index contributed by atoms with van der Waals surface area (Å²) in [6.07, 6.45) is 7.91. The maximum atomic E-state index is 15.1. The molecule has 2 atom stereocenters.